The first kappa shape index (κ1) is 34.9. The van der Waals surface area contributed by atoms with E-state index in [-0.39, 0.29) is 40.8 Å². The van der Waals surface area contributed by atoms with Crippen molar-refractivity contribution in [1.82, 2.24) is 19.5 Å². The van der Waals surface area contributed by atoms with Gasteiger partial charge in [0.05, 0.1) is 31.7 Å². The molecular formula is C26H42N5O8PS2. The van der Waals surface area contributed by atoms with Crippen molar-refractivity contribution in [2.75, 3.05) is 30.5 Å². The molecule has 0 bridgehead atoms. The van der Waals surface area contributed by atoms with E-state index in [1.54, 1.807) is 18.4 Å². The quantitative estimate of drug-likeness (QED) is 0.244. The summed E-state index contributed by atoms with van der Waals surface area (Å²) in [7, 11) is -4.17. The lowest BCUT2D eigenvalue weighted by Crippen LogP contribution is -2.32. The van der Waals surface area contributed by atoms with Gasteiger partial charge in [0.15, 0.2) is 27.9 Å². The van der Waals surface area contributed by atoms with Gasteiger partial charge in [-0.05, 0) is 6.92 Å². The molecule has 3 heterocycles. The van der Waals surface area contributed by atoms with Gasteiger partial charge in [0, 0.05) is 28.3 Å². The summed E-state index contributed by atoms with van der Waals surface area (Å²) in [5.41, 5.74) is 5.62. The Labute approximate surface area is 255 Å². The molecule has 1 saturated heterocycles. The van der Waals surface area contributed by atoms with Crippen LogP contribution in [0.15, 0.2) is 12.7 Å². The molecule has 42 heavy (non-hydrogen) atoms. The van der Waals surface area contributed by atoms with Crippen LogP contribution < -0.4 is 5.73 Å². The Bertz CT molecular complexity index is 1260. The predicted molar refractivity (Wildman–Crippen MR) is 163 cm³/mol. The number of nitrogen functional groups attached to an aromatic ring is 1. The molecular weight excluding hydrogens is 605 g/mol. The molecule has 5 atom stereocenters. The van der Waals surface area contributed by atoms with E-state index in [1.807, 2.05) is 41.5 Å². The van der Waals surface area contributed by atoms with Crippen molar-refractivity contribution in [2.24, 2.45) is 16.7 Å². The average molecular weight is 648 g/mol. The number of hydrogen-bond donors (Lipinski definition) is 2. The van der Waals surface area contributed by atoms with Crippen molar-refractivity contribution in [2.45, 2.75) is 79.9 Å². The lowest BCUT2D eigenvalue weighted by atomic mass is 9.97. The first-order valence-corrected chi connectivity index (χ1v) is 17.1. The van der Waals surface area contributed by atoms with Gasteiger partial charge in [0.1, 0.15) is 17.9 Å². The van der Waals surface area contributed by atoms with E-state index in [0.29, 0.717) is 11.2 Å². The summed E-state index contributed by atoms with van der Waals surface area (Å²) < 4.78 is 38.6. The van der Waals surface area contributed by atoms with Crippen molar-refractivity contribution in [3.63, 3.8) is 0 Å². The van der Waals surface area contributed by atoms with Gasteiger partial charge >= 0.3 is 7.82 Å². The average Bonchev–Trinajstić information content (AvgIpc) is 3.45. The number of thioether (sulfide) groups is 2. The van der Waals surface area contributed by atoms with Crippen LogP contribution in [-0.4, -0.2) is 77.9 Å². The van der Waals surface area contributed by atoms with Crippen molar-refractivity contribution < 1.29 is 37.6 Å². The van der Waals surface area contributed by atoms with E-state index in [9.17, 15) is 19.3 Å². The largest absolute Gasteiger partial charge is 0.475 e. The molecule has 16 heteroatoms. The highest BCUT2D eigenvalue weighted by Crippen LogP contribution is 2.52. The number of fused-ring (bicyclic) bond motifs is 1. The van der Waals surface area contributed by atoms with Gasteiger partial charge in [-0.25, -0.2) is 19.5 Å². The number of aliphatic hydroxyl groups is 1. The number of carbonyl (C=O) groups excluding carboxylic acids is 2. The topological polar surface area (TPSA) is 178 Å². The van der Waals surface area contributed by atoms with E-state index in [2.05, 4.69) is 15.0 Å². The Morgan fingerprint density at radius 3 is 2.14 bits per heavy atom. The Balaban J connectivity index is 1.69. The van der Waals surface area contributed by atoms with Crippen LogP contribution in [0.5, 0.6) is 0 Å². The number of anilines is 1. The van der Waals surface area contributed by atoms with E-state index >= 15 is 0 Å². The molecule has 3 rings (SSSR count). The maximum Gasteiger partial charge on any atom is 0.475 e. The zero-order valence-electron chi connectivity index (χ0n) is 25.3. The molecule has 0 spiro atoms. The summed E-state index contributed by atoms with van der Waals surface area (Å²) in [5.74, 6) is 0.241. The fourth-order valence-electron chi connectivity index (χ4n) is 4.01. The summed E-state index contributed by atoms with van der Waals surface area (Å²) in [4.78, 5) is 36.9. The molecule has 0 radical (unpaired) electrons. The third-order valence-electron chi connectivity index (χ3n) is 6.42. The molecule has 3 N–H and O–H groups in total. The smallest absolute Gasteiger partial charge is 0.388 e. The standard InChI is InChI=1S/C26H42N5O8PS2/c1-15-18(32)22(31-14-30-17-20(27)28-13-29-21(17)31)38-19(15)16(2)39-40(35,36-9-11-41-23(33)25(3,4)5)37-10-12-42-24(34)26(6,7)8/h13-16,18-19,22,32H,9-12H2,1-8H3,(H2,27,28,29)/t15-,16+,18+,19-,22+/m0/s1. The SMILES string of the molecule is C[C@H]1[C@@H](O)[C@H](n2cnc3c(N)ncnc32)O[C@@H]1[C@@H](C)OP(=O)(OCCSC(=O)C(C)(C)C)OCCSC(=O)C(C)(C)C. The maximum atomic E-state index is 13.8. The fourth-order valence-corrected chi connectivity index (χ4v) is 7.18. The molecule has 1 fully saturated rings. The Morgan fingerprint density at radius 1 is 1.07 bits per heavy atom. The van der Waals surface area contributed by atoms with Gasteiger partial charge in [0.2, 0.25) is 0 Å². The maximum absolute atomic E-state index is 13.8. The van der Waals surface area contributed by atoms with Crippen LogP contribution in [0.2, 0.25) is 0 Å². The van der Waals surface area contributed by atoms with Gasteiger partial charge in [0.25, 0.3) is 0 Å². The van der Waals surface area contributed by atoms with Crippen molar-refractivity contribution >= 4 is 58.6 Å². The lowest BCUT2D eigenvalue weighted by Gasteiger charge is -2.27. The summed E-state index contributed by atoms with van der Waals surface area (Å²) in [5, 5.41) is 11.0. The molecule has 0 saturated carbocycles. The minimum Gasteiger partial charge on any atom is -0.388 e. The van der Waals surface area contributed by atoms with Gasteiger partial charge in [-0.2, -0.15) is 0 Å². The number of rotatable bonds is 12. The molecule has 236 valence electrons. The fraction of sp³-hybridized carbons (Fsp3) is 0.731. The van der Waals surface area contributed by atoms with Crippen LogP contribution in [0, 0.1) is 16.7 Å². The van der Waals surface area contributed by atoms with Gasteiger partial charge in [-0.15, -0.1) is 0 Å². The molecule has 2 aromatic heterocycles. The number of carbonyl (C=O) groups is 2. The number of phosphoric acid groups is 1. The summed E-state index contributed by atoms with van der Waals surface area (Å²) in [6.45, 7) is 14.2. The Morgan fingerprint density at radius 2 is 1.62 bits per heavy atom. The highest BCUT2D eigenvalue weighted by molar-refractivity contribution is 8.14. The summed E-state index contributed by atoms with van der Waals surface area (Å²) in [6, 6.07) is 0. The van der Waals surface area contributed by atoms with Gasteiger partial charge < -0.3 is 15.6 Å². The second kappa shape index (κ2) is 14.0. The van der Waals surface area contributed by atoms with E-state index in [4.69, 9.17) is 24.0 Å². The molecule has 0 aliphatic carbocycles. The molecule has 1 aliphatic heterocycles. The normalized spacial score (nSPS) is 22.5. The Kier molecular flexibility index (Phi) is 11.7. The van der Waals surface area contributed by atoms with Crippen LogP contribution >= 0.6 is 31.3 Å². The molecule has 2 aromatic rings. The molecule has 0 amide bonds. The highest BCUT2D eigenvalue weighted by atomic mass is 32.2. The molecule has 1 aliphatic rings. The minimum atomic E-state index is -4.17. The van der Waals surface area contributed by atoms with E-state index in [0.717, 1.165) is 23.5 Å². The van der Waals surface area contributed by atoms with Crippen molar-refractivity contribution in [3.05, 3.63) is 12.7 Å². The number of phosphoric ester groups is 1. The zero-order chi connectivity index (χ0) is 31.5. The first-order valence-electron chi connectivity index (χ1n) is 13.6. The molecule has 0 aromatic carbocycles. The van der Waals surface area contributed by atoms with Gasteiger partial charge in [-0.3, -0.25) is 27.7 Å². The lowest BCUT2D eigenvalue weighted by molar-refractivity contribution is -0.118. The second-order valence-electron chi connectivity index (χ2n) is 12.1. The van der Waals surface area contributed by atoms with Gasteiger partial charge in [-0.1, -0.05) is 72.0 Å². The second-order valence-corrected chi connectivity index (χ2v) is 15.9. The monoisotopic (exact) mass is 647 g/mol. The van der Waals surface area contributed by atoms with Crippen molar-refractivity contribution in [3.8, 4) is 0 Å². The predicted octanol–water partition coefficient (Wildman–Crippen LogP) is 4.46. The first-order chi connectivity index (χ1) is 19.4. The van der Waals surface area contributed by atoms with E-state index < -0.39 is 49.1 Å². The van der Waals surface area contributed by atoms with Crippen LogP contribution in [0.4, 0.5) is 5.82 Å². The molecule has 13 nitrogen and oxygen atoms in total. The summed E-state index contributed by atoms with van der Waals surface area (Å²) in [6.07, 6.45) is -0.626. The number of aromatic nitrogens is 4. The van der Waals surface area contributed by atoms with Crippen molar-refractivity contribution in [1.29, 1.82) is 0 Å². The number of ether oxygens (including phenoxy) is 1. The number of nitrogens with two attached hydrogens (primary N) is 1. The minimum absolute atomic E-state index is 0.0273. The van der Waals surface area contributed by atoms with E-state index in [1.165, 1.54) is 12.7 Å². The third-order valence-corrected chi connectivity index (χ3v) is 10.5. The van der Waals surface area contributed by atoms with Crippen LogP contribution in [-0.2, 0) is 32.5 Å². The van der Waals surface area contributed by atoms with Crippen LogP contribution in [0.25, 0.3) is 11.2 Å². The number of aliphatic hydroxyl groups excluding tert-OH is 1. The highest BCUT2D eigenvalue weighted by Gasteiger charge is 2.47. The third kappa shape index (κ3) is 8.75. The van der Waals surface area contributed by atoms with Crippen LogP contribution in [0.1, 0.15) is 61.6 Å². The molecule has 0 unspecified atom stereocenters. The number of imidazole rings is 1. The summed E-state index contributed by atoms with van der Waals surface area (Å²) >= 11 is 2.15. The number of hydrogen-bond acceptors (Lipinski definition) is 14. The zero-order valence-corrected chi connectivity index (χ0v) is 27.8. The number of nitrogens with zero attached hydrogens (tertiary/aromatic N) is 4. The Hall–Kier alpha value is -1.58. The van der Waals surface area contributed by atoms with Crippen LogP contribution in [0.3, 0.4) is 0 Å².